The molecule has 0 bridgehead atoms. The fraction of sp³-hybridized carbons (Fsp3) is 0.364. The second-order valence-electron chi connectivity index (χ2n) is 3.87. The standard InChI is InChI=1S/C11H13BrN2O3/c12-7-2-1-6(11(16)17)9(10(7)15)8-5-13-3-4-14-8/h1-2,8,13-15H,3-5H2,(H,16,17)/t8-/m0/s1. The number of carboxylic acids is 1. The summed E-state index contributed by atoms with van der Waals surface area (Å²) in [6.45, 7) is 2.19. The quantitative estimate of drug-likeness (QED) is 0.657. The van der Waals surface area contributed by atoms with Crippen molar-refractivity contribution in [2.75, 3.05) is 19.6 Å². The molecule has 0 aliphatic carbocycles. The number of phenols is 1. The normalized spacial score (nSPS) is 20.2. The van der Waals surface area contributed by atoms with E-state index in [-0.39, 0.29) is 17.4 Å². The molecule has 1 aliphatic heterocycles. The Labute approximate surface area is 107 Å². The summed E-state index contributed by atoms with van der Waals surface area (Å²) in [6, 6.07) is 2.85. The van der Waals surface area contributed by atoms with E-state index >= 15 is 0 Å². The SMILES string of the molecule is O=C(O)c1ccc(Br)c(O)c1[C@@H]1CNCCN1. The van der Waals surface area contributed by atoms with Gasteiger partial charge in [-0.3, -0.25) is 0 Å². The van der Waals surface area contributed by atoms with E-state index in [1.807, 2.05) is 0 Å². The average Bonchev–Trinajstić information content (AvgIpc) is 2.33. The lowest BCUT2D eigenvalue weighted by Crippen LogP contribution is -2.43. The maximum atomic E-state index is 11.2. The molecule has 0 unspecified atom stereocenters. The van der Waals surface area contributed by atoms with Crippen LogP contribution < -0.4 is 10.6 Å². The molecule has 1 aromatic rings. The molecule has 1 fully saturated rings. The highest BCUT2D eigenvalue weighted by atomic mass is 79.9. The van der Waals surface area contributed by atoms with Gasteiger partial charge in [0.1, 0.15) is 5.75 Å². The Morgan fingerprint density at radius 2 is 2.18 bits per heavy atom. The molecule has 2 rings (SSSR count). The van der Waals surface area contributed by atoms with Gasteiger partial charge in [0, 0.05) is 31.2 Å². The lowest BCUT2D eigenvalue weighted by Gasteiger charge is -2.26. The number of carboxylic acid groups (broad SMARTS) is 1. The molecular weight excluding hydrogens is 288 g/mol. The van der Waals surface area contributed by atoms with Crippen LogP contribution in [-0.4, -0.2) is 35.8 Å². The van der Waals surface area contributed by atoms with Crippen LogP contribution in [-0.2, 0) is 0 Å². The number of aromatic carboxylic acids is 1. The van der Waals surface area contributed by atoms with Gasteiger partial charge in [0.15, 0.2) is 0 Å². The number of phenolic OH excluding ortho intramolecular Hbond substituents is 1. The maximum absolute atomic E-state index is 11.2. The molecule has 1 saturated heterocycles. The third kappa shape index (κ3) is 2.43. The largest absolute Gasteiger partial charge is 0.506 e. The Hall–Kier alpha value is -1.11. The lowest BCUT2D eigenvalue weighted by molar-refractivity contribution is 0.0694. The molecule has 1 heterocycles. The van der Waals surface area contributed by atoms with Crippen molar-refractivity contribution >= 4 is 21.9 Å². The highest BCUT2D eigenvalue weighted by Gasteiger charge is 2.25. The first-order valence-electron chi connectivity index (χ1n) is 5.30. The summed E-state index contributed by atoms with van der Waals surface area (Å²) in [5.41, 5.74) is 0.561. The van der Waals surface area contributed by atoms with Gasteiger partial charge < -0.3 is 20.8 Å². The van der Waals surface area contributed by atoms with Crippen LogP contribution >= 0.6 is 15.9 Å². The van der Waals surface area contributed by atoms with E-state index in [4.69, 9.17) is 5.11 Å². The molecule has 1 atom stereocenters. The minimum atomic E-state index is -1.03. The molecule has 5 nitrogen and oxygen atoms in total. The number of hydrogen-bond acceptors (Lipinski definition) is 4. The van der Waals surface area contributed by atoms with Crippen molar-refractivity contribution in [1.29, 1.82) is 0 Å². The second kappa shape index (κ2) is 5.03. The Bertz CT molecular complexity index is 445. The van der Waals surface area contributed by atoms with E-state index in [0.717, 1.165) is 13.1 Å². The Balaban J connectivity index is 2.48. The summed E-state index contributed by atoms with van der Waals surface area (Å²) >= 11 is 3.20. The van der Waals surface area contributed by atoms with Crippen LogP contribution in [0.25, 0.3) is 0 Å². The predicted molar refractivity (Wildman–Crippen MR) is 66.4 cm³/mol. The van der Waals surface area contributed by atoms with Crippen LogP contribution in [0.3, 0.4) is 0 Å². The molecule has 0 saturated carbocycles. The molecule has 0 radical (unpaired) electrons. The summed E-state index contributed by atoms with van der Waals surface area (Å²) in [5, 5.41) is 25.5. The summed E-state index contributed by atoms with van der Waals surface area (Å²) in [7, 11) is 0. The third-order valence-corrected chi connectivity index (χ3v) is 3.43. The van der Waals surface area contributed by atoms with Crippen molar-refractivity contribution in [3.8, 4) is 5.75 Å². The minimum Gasteiger partial charge on any atom is -0.506 e. The number of rotatable bonds is 2. The van der Waals surface area contributed by atoms with Crippen LogP contribution in [0, 0.1) is 0 Å². The molecule has 0 aromatic heterocycles. The number of piperazine rings is 1. The van der Waals surface area contributed by atoms with Gasteiger partial charge in [0.2, 0.25) is 0 Å². The molecule has 0 spiro atoms. The van der Waals surface area contributed by atoms with Crippen molar-refractivity contribution < 1.29 is 15.0 Å². The summed E-state index contributed by atoms with van der Waals surface area (Å²) in [5.74, 6) is -1.04. The predicted octanol–water partition coefficient (Wildman–Crippen LogP) is 1.09. The van der Waals surface area contributed by atoms with E-state index in [1.165, 1.54) is 6.07 Å². The number of carbonyl (C=O) groups is 1. The van der Waals surface area contributed by atoms with Crippen molar-refractivity contribution in [3.63, 3.8) is 0 Å². The first-order chi connectivity index (χ1) is 8.11. The number of nitrogens with one attached hydrogen (secondary N) is 2. The molecule has 1 aliphatic rings. The molecule has 4 N–H and O–H groups in total. The summed E-state index contributed by atoms with van der Waals surface area (Å²) < 4.78 is 0.505. The number of hydrogen-bond donors (Lipinski definition) is 4. The molecule has 17 heavy (non-hydrogen) atoms. The molecule has 6 heteroatoms. The number of halogens is 1. The van der Waals surface area contributed by atoms with Crippen molar-refractivity contribution in [2.45, 2.75) is 6.04 Å². The Kier molecular flexibility index (Phi) is 3.66. The smallest absolute Gasteiger partial charge is 0.336 e. The highest BCUT2D eigenvalue weighted by molar-refractivity contribution is 9.10. The van der Waals surface area contributed by atoms with Crippen LogP contribution in [0.2, 0.25) is 0 Å². The van der Waals surface area contributed by atoms with Crippen molar-refractivity contribution in [2.24, 2.45) is 0 Å². The van der Waals surface area contributed by atoms with Gasteiger partial charge in [-0.05, 0) is 28.1 Å². The van der Waals surface area contributed by atoms with Gasteiger partial charge in [-0.25, -0.2) is 4.79 Å². The van der Waals surface area contributed by atoms with Gasteiger partial charge in [0.25, 0.3) is 0 Å². The van der Waals surface area contributed by atoms with Gasteiger partial charge in [-0.15, -0.1) is 0 Å². The number of benzene rings is 1. The number of aromatic hydroxyl groups is 1. The van der Waals surface area contributed by atoms with E-state index in [0.29, 0.717) is 16.6 Å². The van der Waals surface area contributed by atoms with Crippen LogP contribution in [0.5, 0.6) is 5.75 Å². The zero-order valence-electron chi connectivity index (χ0n) is 9.03. The fourth-order valence-electron chi connectivity index (χ4n) is 1.98. The zero-order chi connectivity index (χ0) is 12.4. The molecule has 92 valence electrons. The second-order valence-corrected chi connectivity index (χ2v) is 4.73. The van der Waals surface area contributed by atoms with Gasteiger partial charge in [0.05, 0.1) is 10.0 Å². The topological polar surface area (TPSA) is 81.6 Å². The molecule has 1 aromatic carbocycles. The summed E-state index contributed by atoms with van der Waals surface area (Å²) in [6.07, 6.45) is 0. The molecule has 0 amide bonds. The van der Waals surface area contributed by atoms with Crippen molar-refractivity contribution in [1.82, 2.24) is 10.6 Å². The first kappa shape index (κ1) is 12.3. The Morgan fingerprint density at radius 1 is 1.41 bits per heavy atom. The maximum Gasteiger partial charge on any atom is 0.336 e. The van der Waals surface area contributed by atoms with E-state index in [1.54, 1.807) is 6.07 Å². The first-order valence-corrected chi connectivity index (χ1v) is 6.09. The fourth-order valence-corrected chi connectivity index (χ4v) is 2.32. The lowest BCUT2D eigenvalue weighted by atomic mass is 9.98. The average molecular weight is 301 g/mol. The Morgan fingerprint density at radius 3 is 2.76 bits per heavy atom. The van der Waals surface area contributed by atoms with Gasteiger partial charge >= 0.3 is 5.97 Å². The highest BCUT2D eigenvalue weighted by Crippen LogP contribution is 2.35. The van der Waals surface area contributed by atoms with Crippen LogP contribution in [0.1, 0.15) is 22.0 Å². The van der Waals surface area contributed by atoms with Gasteiger partial charge in [-0.1, -0.05) is 0 Å². The molecular formula is C11H13BrN2O3. The monoisotopic (exact) mass is 300 g/mol. The van der Waals surface area contributed by atoms with Crippen LogP contribution in [0.15, 0.2) is 16.6 Å². The minimum absolute atomic E-state index is 0.00824. The van der Waals surface area contributed by atoms with Crippen LogP contribution in [0.4, 0.5) is 0 Å². The van der Waals surface area contributed by atoms with E-state index < -0.39 is 5.97 Å². The van der Waals surface area contributed by atoms with E-state index in [9.17, 15) is 9.90 Å². The van der Waals surface area contributed by atoms with Gasteiger partial charge in [-0.2, -0.15) is 0 Å². The summed E-state index contributed by atoms with van der Waals surface area (Å²) in [4.78, 5) is 11.2. The zero-order valence-corrected chi connectivity index (χ0v) is 10.6. The van der Waals surface area contributed by atoms with Crippen molar-refractivity contribution in [3.05, 3.63) is 27.7 Å². The van der Waals surface area contributed by atoms with E-state index in [2.05, 4.69) is 26.6 Å². The third-order valence-electron chi connectivity index (χ3n) is 2.79.